The molecule has 0 unspecified atom stereocenters. The smallest absolute Gasteiger partial charge is 0.317 e. The van der Waals surface area contributed by atoms with Gasteiger partial charge >= 0.3 is 5.91 Å². The lowest BCUT2D eigenvalue weighted by molar-refractivity contribution is -0.902. The summed E-state index contributed by atoms with van der Waals surface area (Å²) in [5.41, 5.74) is 0. The van der Waals surface area contributed by atoms with E-state index in [1.807, 2.05) is 4.90 Å². The van der Waals surface area contributed by atoms with Gasteiger partial charge in [-0.3, -0.25) is 4.79 Å². The largest absolute Gasteiger partial charge is 0.462 e. The number of hydrogen-bond donors (Lipinski definition) is 1. The van der Waals surface area contributed by atoms with Crippen LogP contribution in [0.15, 0.2) is 27.8 Å². The fourth-order valence-corrected chi connectivity index (χ4v) is 2.32. The van der Waals surface area contributed by atoms with Crippen molar-refractivity contribution in [1.29, 1.82) is 0 Å². The zero-order valence-corrected chi connectivity index (χ0v) is 13.2. The Hall–Kier alpha value is -1.86. The van der Waals surface area contributed by atoms with E-state index in [2.05, 4.69) is 11.9 Å². The van der Waals surface area contributed by atoms with Crippen molar-refractivity contribution >= 4 is 11.9 Å². The molecule has 2 heterocycles. The summed E-state index contributed by atoms with van der Waals surface area (Å²) < 4.78 is 15.7. The van der Waals surface area contributed by atoms with E-state index in [-0.39, 0.29) is 5.76 Å². The Morgan fingerprint density at radius 3 is 2.77 bits per heavy atom. The summed E-state index contributed by atoms with van der Waals surface area (Å²) in [6, 6.07) is 3.61. The Balaban J connectivity index is 2.03. The first-order valence-corrected chi connectivity index (χ1v) is 7.61. The van der Waals surface area contributed by atoms with Gasteiger partial charge in [0.25, 0.3) is 6.02 Å². The minimum atomic E-state index is -0.428. The third-order valence-electron chi connectivity index (χ3n) is 3.69. The van der Waals surface area contributed by atoms with Gasteiger partial charge in [-0.15, -0.1) is 0 Å². The predicted molar refractivity (Wildman–Crippen MR) is 81.1 cm³/mol. The van der Waals surface area contributed by atoms with E-state index in [1.165, 1.54) is 6.26 Å². The number of ether oxygens (including phenoxy) is 2. The van der Waals surface area contributed by atoms with Crippen molar-refractivity contribution < 1.29 is 23.6 Å². The molecule has 1 aliphatic heterocycles. The first-order valence-electron chi connectivity index (χ1n) is 7.61. The molecule has 1 fully saturated rings. The molecular formula is C15H24N3O4+. The van der Waals surface area contributed by atoms with Crippen molar-refractivity contribution in [2.45, 2.75) is 6.92 Å². The lowest BCUT2D eigenvalue weighted by Crippen LogP contribution is -3.14. The highest BCUT2D eigenvalue weighted by Gasteiger charge is 2.24. The molecule has 1 saturated heterocycles. The van der Waals surface area contributed by atoms with Gasteiger partial charge in [-0.1, -0.05) is 0 Å². The van der Waals surface area contributed by atoms with Crippen molar-refractivity contribution in [3.8, 4) is 0 Å². The minimum Gasteiger partial charge on any atom is -0.462 e. The van der Waals surface area contributed by atoms with Gasteiger partial charge in [0, 0.05) is 7.11 Å². The Labute approximate surface area is 130 Å². The summed E-state index contributed by atoms with van der Waals surface area (Å²) in [6.45, 7) is 7.76. The number of furan rings is 1. The van der Waals surface area contributed by atoms with Crippen LogP contribution in [0.4, 0.5) is 0 Å². The number of methoxy groups -OCH3 is 1. The number of amidine groups is 1. The molecular weight excluding hydrogens is 286 g/mol. The molecule has 0 spiro atoms. The maximum absolute atomic E-state index is 12.1. The lowest BCUT2D eigenvalue weighted by atomic mass is 10.3. The fraction of sp³-hybridized carbons (Fsp3) is 0.600. The number of amides is 1. The van der Waals surface area contributed by atoms with E-state index < -0.39 is 5.91 Å². The summed E-state index contributed by atoms with van der Waals surface area (Å²) >= 11 is 0. The summed E-state index contributed by atoms with van der Waals surface area (Å²) in [4.78, 5) is 19.7. The van der Waals surface area contributed by atoms with Gasteiger partial charge in [-0.2, -0.15) is 4.99 Å². The quantitative estimate of drug-likeness (QED) is 0.458. The molecule has 0 aromatic carbocycles. The number of nitrogens with zero attached hydrogens (tertiary/aromatic N) is 2. The highest BCUT2D eigenvalue weighted by Crippen LogP contribution is 2.05. The minimum absolute atomic E-state index is 0.214. The molecule has 7 heteroatoms. The fourth-order valence-electron chi connectivity index (χ4n) is 2.32. The molecule has 0 saturated carbocycles. The molecule has 0 aliphatic carbocycles. The Morgan fingerprint density at radius 1 is 1.41 bits per heavy atom. The van der Waals surface area contributed by atoms with Crippen LogP contribution in [0.2, 0.25) is 0 Å². The Kier molecular flexibility index (Phi) is 6.42. The average Bonchev–Trinajstić information content (AvgIpc) is 3.09. The molecule has 1 aromatic rings. The SMILES string of the molecule is CC[NH+]1CCN(C(=NC(=O)c2ccco2)OCCOC)CC1. The Bertz CT molecular complexity index is 479. The van der Waals surface area contributed by atoms with Crippen LogP contribution in [0, 0.1) is 0 Å². The second-order valence-electron chi connectivity index (χ2n) is 5.11. The topological polar surface area (TPSA) is 68.7 Å². The number of hydrogen-bond acceptors (Lipinski definition) is 4. The molecule has 0 bridgehead atoms. The highest BCUT2D eigenvalue weighted by atomic mass is 16.5. The molecule has 1 aliphatic rings. The number of aliphatic imine (C=N–C) groups is 1. The molecule has 1 amide bonds. The van der Waals surface area contributed by atoms with E-state index >= 15 is 0 Å². The van der Waals surface area contributed by atoms with E-state index in [0.717, 1.165) is 32.7 Å². The molecule has 7 nitrogen and oxygen atoms in total. The number of piperazine rings is 1. The van der Waals surface area contributed by atoms with Crippen LogP contribution in [-0.2, 0) is 9.47 Å². The first kappa shape index (κ1) is 16.5. The van der Waals surface area contributed by atoms with Crippen molar-refractivity contribution in [1.82, 2.24) is 4.90 Å². The molecule has 0 radical (unpaired) electrons. The summed E-state index contributed by atoms with van der Waals surface area (Å²) in [5, 5.41) is 0. The van der Waals surface area contributed by atoms with Crippen molar-refractivity contribution in [2.24, 2.45) is 4.99 Å². The third-order valence-corrected chi connectivity index (χ3v) is 3.69. The predicted octanol–water partition coefficient (Wildman–Crippen LogP) is -0.341. The van der Waals surface area contributed by atoms with Gasteiger partial charge in [0.05, 0.1) is 45.6 Å². The molecule has 122 valence electrons. The van der Waals surface area contributed by atoms with Gasteiger partial charge in [0.15, 0.2) is 5.76 Å². The lowest BCUT2D eigenvalue weighted by Gasteiger charge is -2.32. The molecule has 1 aromatic heterocycles. The number of carbonyl (C=O) groups excluding carboxylic acids is 1. The van der Waals surface area contributed by atoms with Crippen molar-refractivity contribution in [2.75, 3.05) is 53.0 Å². The highest BCUT2D eigenvalue weighted by molar-refractivity contribution is 5.99. The number of carbonyl (C=O) groups is 1. The summed E-state index contributed by atoms with van der Waals surface area (Å²) in [5.74, 6) is -0.214. The molecule has 0 atom stereocenters. The van der Waals surface area contributed by atoms with Crippen LogP contribution in [0.1, 0.15) is 17.5 Å². The van der Waals surface area contributed by atoms with Gasteiger partial charge < -0.3 is 23.7 Å². The monoisotopic (exact) mass is 310 g/mol. The summed E-state index contributed by atoms with van der Waals surface area (Å²) in [7, 11) is 1.61. The van der Waals surface area contributed by atoms with Gasteiger partial charge in [-0.05, 0) is 19.1 Å². The number of rotatable bonds is 5. The van der Waals surface area contributed by atoms with E-state index in [1.54, 1.807) is 24.1 Å². The van der Waals surface area contributed by atoms with Crippen LogP contribution < -0.4 is 4.90 Å². The van der Waals surface area contributed by atoms with Gasteiger partial charge in [0.2, 0.25) is 0 Å². The normalized spacial score (nSPS) is 16.8. The maximum atomic E-state index is 12.1. The number of likely N-dealkylation sites (N-methyl/N-ethyl adjacent to an activating group) is 1. The first-order chi connectivity index (χ1) is 10.7. The number of nitrogens with one attached hydrogen (secondary N) is 1. The van der Waals surface area contributed by atoms with E-state index in [9.17, 15) is 4.79 Å². The van der Waals surface area contributed by atoms with Crippen LogP contribution >= 0.6 is 0 Å². The van der Waals surface area contributed by atoms with Crippen LogP contribution in [0.5, 0.6) is 0 Å². The maximum Gasteiger partial charge on any atom is 0.317 e. The second-order valence-corrected chi connectivity index (χ2v) is 5.11. The standard InChI is InChI=1S/C15H23N3O4/c1-3-17-6-8-18(9-7-17)15(22-12-11-20-2)16-14(19)13-5-4-10-21-13/h4-5,10H,3,6-9,11-12H2,1-2H3/p+1. The average molecular weight is 310 g/mol. The Morgan fingerprint density at radius 2 is 2.18 bits per heavy atom. The van der Waals surface area contributed by atoms with Gasteiger partial charge in [0.1, 0.15) is 6.61 Å². The molecule has 1 N–H and O–H groups in total. The van der Waals surface area contributed by atoms with Crippen LogP contribution in [0.25, 0.3) is 0 Å². The zero-order chi connectivity index (χ0) is 15.8. The molecule has 22 heavy (non-hydrogen) atoms. The van der Waals surface area contributed by atoms with E-state index in [4.69, 9.17) is 13.9 Å². The van der Waals surface area contributed by atoms with Gasteiger partial charge in [-0.25, -0.2) is 0 Å². The second kappa shape index (κ2) is 8.55. The van der Waals surface area contributed by atoms with Crippen LogP contribution in [0.3, 0.4) is 0 Å². The third kappa shape index (κ3) is 4.57. The van der Waals surface area contributed by atoms with Crippen molar-refractivity contribution in [3.63, 3.8) is 0 Å². The summed E-state index contributed by atoms with van der Waals surface area (Å²) in [6.07, 6.45) is 1.46. The van der Waals surface area contributed by atoms with E-state index in [0.29, 0.717) is 19.2 Å². The van der Waals surface area contributed by atoms with Crippen molar-refractivity contribution in [3.05, 3.63) is 24.2 Å². The number of quaternary nitrogens is 1. The zero-order valence-electron chi connectivity index (χ0n) is 13.2. The molecule has 2 rings (SSSR count). The van der Waals surface area contributed by atoms with Crippen LogP contribution in [-0.4, -0.2) is 69.9 Å².